The van der Waals surface area contributed by atoms with Crippen molar-refractivity contribution in [2.24, 2.45) is 0 Å². The Labute approximate surface area is 65.5 Å². The fourth-order valence-electron chi connectivity index (χ4n) is 1.57. The van der Waals surface area contributed by atoms with Gasteiger partial charge in [0.25, 0.3) is 0 Å². The number of nitrogens with zero attached hydrogens (tertiary/aromatic N) is 1. The minimum absolute atomic E-state index is 0.0104. The van der Waals surface area contributed by atoms with Gasteiger partial charge in [-0.3, -0.25) is 0 Å². The van der Waals surface area contributed by atoms with Crippen LogP contribution in [0.5, 0.6) is 0 Å². The van der Waals surface area contributed by atoms with Gasteiger partial charge >= 0.3 is 0 Å². The molecule has 0 radical (unpaired) electrons. The molecule has 0 aromatic carbocycles. The molecular formula is C8H12N2O. The molecule has 3 nitrogen and oxygen atoms in total. The van der Waals surface area contributed by atoms with Gasteiger partial charge in [0, 0.05) is 17.3 Å². The molecule has 1 saturated carbocycles. The minimum Gasteiger partial charge on any atom is -0.392 e. The van der Waals surface area contributed by atoms with Gasteiger partial charge in [-0.05, 0) is 19.8 Å². The number of nitrogens with one attached hydrogen (secondary N) is 1. The zero-order valence-electron chi connectivity index (χ0n) is 6.54. The van der Waals surface area contributed by atoms with Gasteiger partial charge in [0.05, 0.1) is 12.4 Å². The van der Waals surface area contributed by atoms with E-state index in [9.17, 15) is 5.11 Å². The molecule has 1 aliphatic rings. The Hall–Kier alpha value is -0.830. The van der Waals surface area contributed by atoms with Gasteiger partial charge in [-0.1, -0.05) is 0 Å². The summed E-state index contributed by atoms with van der Waals surface area (Å²) in [7, 11) is 0. The van der Waals surface area contributed by atoms with E-state index < -0.39 is 0 Å². The standard InChI is InChI=1S/C8H12N2O/c1-6(11)8(2-3-8)7-4-9-5-10-7/h4-6,11H,2-3H2,1H3,(H,9,10). The summed E-state index contributed by atoms with van der Waals surface area (Å²) in [6.07, 6.45) is 5.36. The second kappa shape index (κ2) is 2.08. The average Bonchev–Trinajstić information content (AvgIpc) is 2.61. The molecule has 1 atom stereocenters. The molecule has 1 aromatic rings. The molecule has 2 N–H and O–H groups in total. The van der Waals surface area contributed by atoms with E-state index in [1.165, 1.54) is 0 Å². The maximum absolute atomic E-state index is 9.47. The number of aromatic amines is 1. The van der Waals surface area contributed by atoms with Crippen LogP contribution in [0.2, 0.25) is 0 Å². The molecular weight excluding hydrogens is 140 g/mol. The Bertz CT molecular complexity index is 237. The van der Waals surface area contributed by atoms with Crippen LogP contribution in [0, 0.1) is 0 Å². The van der Waals surface area contributed by atoms with E-state index in [0.29, 0.717) is 0 Å². The lowest BCUT2D eigenvalue weighted by Gasteiger charge is -2.15. The third kappa shape index (κ3) is 0.878. The molecule has 2 rings (SSSR count). The van der Waals surface area contributed by atoms with Crippen molar-refractivity contribution in [1.29, 1.82) is 0 Å². The lowest BCUT2D eigenvalue weighted by atomic mass is 9.97. The summed E-state index contributed by atoms with van der Waals surface area (Å²) < 4.78 is 0. The fraction of sp³-hybridized carbons (Fsp3) is 0.625. The number of aliphatic hydroxyl groups is 1. The van der Waals surface area contributed by atoms with Crippen LogP contribution < -0.4 is 0 Å². The van der Waals surface area contributed by atoms with Crippen molar-refractivity contribution in [2.45, 2.75) is 31.3 Å². The monoisotopic (exact) mass is 152 g/mol. The first-order valence-electron chi connectivity index (χ1n) is 3.93. The van der Waals surface area contributed by atoms with Crippen LogP contribution in [0.4, 0.5) is 0 Å². The number of hydrogen-bond donors (Lipinski definition) is 2. The molecule has 1 aromatic heterocycles. The first-order valence-corrected chi connectivity index (χ1v) is 3.93. The molecule has 0 amide bonds. The normalized spacial score (nSPS) is 23.1. The summed E-state index contributed by atoms with van der Waals surface area (Å²) in [6.45, 7) is 1.84. The van der Waals surface area contributed by atoms with Crippen molar-refractivity contribution in [3.05, 3.63) is 18.2 Å². The summed E-state index contributed by atoms with van der Waals surface area (Å²) in [4.78, 5) is 6.99. The lowest BCUT2D eigenvalue weighted by Crippen LogP contribution is -2.22. The van der Waals surface area contributed by atoms with E-state index in [4.69, 9.17) is 0 Å². The highest BCUT2D eigenvalue weighted by atomic mass is 16.3. The molecule has 1 unspecified atom stereocenters. The van der Waals surface area contributed by atoms with Gasteiger partial charge in [-0.15, -0.1) is 0 Å². The quantitative estimate of drug-likeness (QED) is 0.659. The van der Waals surface area contributed by atoms with Crippen molar-refractivity contribution >= 4 is 0 Å². The van der Waals surface area contributed by atoms with Crippen molar-refractivity contribution in [3.8, 4) is 0 Å². The molecule has 0 bridgehead atoms. The predicted octanol–water partition coefficient (Wildman–Crippen LogP) is 0.822. The SMILES string of the molecule is CC(O)C1(c2cnc[nH]2)CC1. The van der Waals surface area contributed by atoms with Crippen molar-refractivity contribution < 1.29 is 5.11 Å². The zero-order valence-corrected chi connectivity index (χ0v) is 6.54. The smallest absolute Gasteiger partial charge is 0.0921 e. The number of H-pyrrole nitrogens is 1. The maximum Gasteiger partial charge on any atom is 0.0921 e. The van der Waals surface area contributed by atoms with E-state index in [-0.39, 0.29) is 11.5 Å². The number of aromatic nitrogens is 2. The van der Waals surface area contributed by atoms with Crippen molar-refractivity contribution in [3.63, 3.8) is 0 Å². The van der Waals surface area contributed by atoms with E-state index in [0.717, 1.165) is 18.5 Å². The molecule has 60 valence electrons. The van der Waals surface area contributed by atoms with Crippen LogP contribution in [0.3, 0.4) is 0 Å². The second-order valence-corrected chi connectivity index (χ2v) is 3.30. The van der Waals surface area contributed by atoms with Gasteiger partial charge in [-0.25, -0.2) is 4.98 Å². The van der Waals surface area contributed by atoms with E-state index in [1.54, 1.807) is 12.5 Å². The molecule has 11 heavy (non-hydrogen) atoms. The van der Waals surface area contributed by atoms with Crippen molar-refractivity contribution in [1.82, 2.24) is 9.97 Å². The highest BCUT2D eigenvalue weighted by Crippen LogP contribution is 2.49. The summed E-state index contributed by atoms with van der Waals surface area (Å²) in [5.74, 6) is 0. The fourth-order valence-corrected chi connectivity index (χ4v) is 1.57. The first-order chi connectivity index (χ1) is 5.26. The summed E-state index contributed by atoms with van der Waals surface area (Å²) in [5, 5.41) is 9.47. The summed E-state index contributed by atoms with van der Waals surface area (Å²) >= 11 is 0. The topological polar surface area (TPSA) is 48.9 Å². The number of rotatable bonds is 2. The Morgan fingerprint density at radius 3 is 2.82 bits per heavy atom. The minimum atomic E-state index is -0.261. The Morgan fingerprint density at radius 2 is 2.45 bits per heavy atom. The van der Waals surface area contributed by atoms with E-state index in [2.05, 4.69) is 9.97 Å². The van der Waals surface area contributed by atoms with Crippen molar-refractivity contribution in [2.75, 3.05) is 0 Å². The Morgan fingerprint density at radius 1 is 1.73 bits per heavy atom. The van der Waals surface area contributed by atoms with E-state index >= 15 is 0 Å². The number of imidazole rings is 1. The summed E-state index contributed by atoms with van der Waals surface area (Å²) in [6, 6.07) is 0. The average molecular weight is 152 g/mol. The first kappa shape index (κ1) is 6.85. The van der Waals surface area contributed by atoms with Gasteiger partial charge in [0.2, 0.25) is 0 Å². The molecule has 1 aliphatic carbocycles. The van der Waals surface area contributed by atoms with Crippen LogP contribution in [-0.2, 0) is 5.41 Å². The van der Waals surface area contributed by atoms with Crippen LogP contribution >= 0.6 is 0 Å². The lowest BCUT2D eigenvalue weighted by molar-refractivity contribution is 0.149. The highest BCUT2D eigenvalue weighted by Gasteiger charge is 2.49. The molecule has 1 heterocycles. The van der Waals surface area contributed by atoms with Gasteiger partial charge in [0.15, 0.2) is 0 Å². The second-order valence-electron chi connectivity index (χ2n) is 3.30. The summed E-state index contributed by atoms with van der Waals surface area (Å²) in [5.41, 5.74) is 1.09. The third-order valence-electron chi connectivity index (χ3n) is 2.62. The molecule has 0 spiro atoms. The van der Waals surface area contributed by atoms with Crippen LogP contribution in [0.15, 0.2) is 12.5 Å². The largest absolute Gasteiger partial charge is 0.392 e. The van der Waals surface area contributed by atoms with Crippen LogP contribution in [0.1, 0.15) is 25.5 Å². The zero-order chi connectivity index (χ0) is 7.90. The predicted molar refractivity (Wildman–Crippen MR) is 41.2 cm³/mol. The third-order valence-corrected chi connectivity index (χ3v) is 2.62. The molecule has 3 heteroatoms. The van der Waals surface area contributed by atoms with E-state index in [1.807, 2.05) is 6.92 Å². The van der Waals surface area contributed by atoms with Gasteiger partial charge in [0.1, 0.15) is 0 Å². The number of hydrogen-bond acceptors (Lipinski definition) is 2. The molecule has 0 aliphatic heterocycles. The molecule has 1 fully saturated rings. The maximum atomic E-state index is 9.47. The van der Waals surface area contributed by atoms with Gasteiger partial charge in [-0.2, -0.15) is 0 Å². The Balaban J connectivity index is 2.29. The van der Waals surface area contributed by atoms with Crippen LogP contribution in [-0.4, -0.2) is 21.2 Å². The van der Waals surface area contributed by atoms with Crippen LogP contribution in [0.25, 0.3) is 0 Å². The number of aliphatic hydroxyl groups excluding tert-OH is 1. The Kier molecular flexibility index (Phi) is 1.29. The van der Waals surface area contributed by atoms with Gasteiger partial charge < -0.3 is 10.1 Å². The highest BCUT2D eigenvalue weighted by molar-refractivity contribution is 5.24. The molecule has 0 saturated heterocycles.